The predicted molar refractivity (Wildman–Crippen MR) is 160 cm³/mol. The Morgan fingerprint density at radius 2 is 1.57 bits per heavy atom. The lowest BCUT2D eigenvalue weighted by Crippen LogP contribution is -2.40. The third-order valence-electron chi connectivity index (χ3n) is 6.48. The van der Waals surface area contributed by atoms with Gasteiger partial charge in [0.2, 0.25) is 5.91 Å². The number of nitrogens with zero attached hydrogens (tertiary/aromatic N) is 2. The molecule has 40 heavy (non-hydrogen) atoms. The summed E-state index contributed by atoms with van der Waals surface area (Å²) >= 11 is 0. The molecule has 0 heterocycles. The van der Waals surface area contributed by atoms with Crippen LogP contribution in [-0.4, -0.2) is 63.6 Å². The summed E-state index contributed by atoms with van der Waals surface area (Å²) in [5.41, 5.74) is 25.9. The van der Waals surface area contributed by atoms with Crippen molar-refractivity contribution in [1.29, 1.82) is 0 Å². The van der Waals surface area contributed by atoms with Gasteiger partial charge in [-0.05, 0) is 61.1 Å². The SMILES string of the molecule is Cc1cc(O)cc(C)c1C[C@H](N=C(N)N)C(=O)C[C@H](CCS(C)=O)C(=O)NC[C@H](Cc1ccccc1)N=C(N)N. The Morgan fingerprint density at radius 3 is 2.12 bits per heavy atom. The number of phenolic OH excluding ortho intramolecular Hbond substituents is 1. The minimum atomic E-state index is -1.16. The molecule has 0 spiro atoms. The Labute approximate surface area is 238 Å². The zero-order valence-electron chi connectivity index (χ0n) is 23.3. The summed E-state index contributed by atoms with van der Waals surface area (Å²) in [7, 11) is -1.16. The molecule has 0 aromatic heterocycles. The number of ketones is 1. The highest BCUT2D eigenvalue weighted by atomic mass is 32.2. The number of hydrogen-bond acceptors (Lipinski definition) is 6. The number of Topliss-reactive ketones (excluding diaryl/α,β-unsaturated/α-hetero) is 1. The maximum absolute atomic E-state index is 13.5. The molecule has 0 radical (unpaired) electrons. The topological polar surface area (TPSA) is 212 Å². The van der Waals surface area contributed by atoms with Crippen LogP contribution in [0, 0.1) is 19.8 Å². The monoisotopic (exact) mass is 571 g/mol. The number of nitrogens with two attached hydrogens (primary N) is 4. The molecule has 12 heteroatoms. The van der Waals surface area contributed by atoms with Crippen molar-refractivity contribution in [2.75, 3.05) is 18.6 Å². The van der Waals surface area contributed by atoms with E-state index >= 15 is 0 Å². The molecule has 1 amide bonds. The van der Waals surface area contributed by atoms with E-state index in [1.165, 1.54) is 0 Å². The van der Waals surface area contributed by atoms with Gasteiger partial charge >= 0.3 is 0 Å². The molecule has 4 atom stereocenters. The van der Waals surface area contributed by atoms with Gasteiger partial charge in [-0.1, -0.05) is 30.3 Å². The highest BCUT2D eigenvalue weighted by Crippen LogP contribution is 2.24. The normalized spacial score (nSPS) is 13.9. The average molecular weight is 572 g/mol. The predicted octanol–water partition coefficient (Wildman–Crippen LogP) is 0.538. The van der Waals surface area contributed by atoms with Gasteiger partial charge in [-0.15, -0.1) is 0 Å². The molecule has 0 aliphatic rings. The van der Waals surface area contributed by atoms with Crippen LogP contribution in [0.3, 0.4) is 0 Å². The standard InChI is InChI=1S/C28H41N7O4S/c1-17-11-22(36)12-18(2)23(17)15-24(35-28(31)32)25(37)14-20(9-10-40(3)39)26(38)33-16-21(34-27(29)30)13-19-7-5-4-6-8-19/h4-8,11-12,20-21,24,36H,9-10,13-16H2,1-3H3,(H,33,38)(H4,29,30,34)(H4,31,32,35)/t20-,21-,24-,40?/m0/s1. The molecule has 10 N–H and O–H groups in total. The summed E-state index contributed by atoms with van der Waals surface area (Å²) in [4.78, 5) is 35.2. The number of rotatable bonds is 15. The molecular weight excluding hydrogens is 530 g/mol. The van der Waals surface area contributed by atoms with Crippen molar-refractivity contribution in [1.82, 2.24) is 5.32 Å². The third kappa shape index (κ3) is 11.0. The van der Waals surface area contributed by atoms with Crippen LogP contribution in [0.1, 0.15) is 35.1 Å². The largest absolute Gasteiger partial charge is 0.508 e. The van der Waals surface area contributed by atoms with Crippen molar-refractivity contribution < 1.29 is 18.9 Å². The number of amides is 1. The summed E-state index contributed by atoms with van der Waals surface area (Å²) in [6.07, 6.45) is 2.33. The van der Waals surface area contributed by atoms with E-state index in [-0.39, 0.29) is 60.9 Å². The molecular formula is C28H41N7O4S. The van der Waals surface area contributed by atoms with Crippen LogP contribution in [0.5, 0.6) is 5.75 Å². The number of nitrogens with one attached hydrogen (secondary N) is 1. The van der Waals surface area contributed by atoms with Gasteiger partial charge in [-0.2, -0.15) is 0 Å². The quantitative estimate of drug-likeness (QED) is 0.131. The van der Waals surface area contributed by atoms with Crippen molar-refractivity contribution in [2.24, 2.45) is 38.8 Å². The molecule has 2 aromatic rings. The fraction of sp³-hybridized carbons (Fsp3) is 0.429. The van der Waals surface area contributed by atoms with Crippen molar-refractivity contribution in [3.8, 4) is 5.75 Å². The van der Waals surface area contributed by atoms with E-state index in [2.05, 4.69) is 15.3 Å². The van der Waals surface area contributed by atoms with Gasteiger partial charge < -0.3 is 33.4 Å². The number of carbonyl (C=O) groups excluding carboxylic acids is 2. The van der Waals surface area contributed by atoms with Crippen LogP contribution in [0.15, 0.2) is 52.4 Å². The first-order valence-electron chi connectivity index (χ1n) is 13.0. The number of phenols is 1. The lowest BCUT2D eigenvalue weighted by Gasteiger charge is -2.21. The Morgan fingerprint density at radius 1 is 0.975 bits per heavy atom. The minimum absolute atomic E-state index is 0.0943. The van der Waals surface area contributed by atoms with Crippen molar-refractivity contribution in [2.45, 2.75) is 51.6 Å². The zero-order chi connectivity index (χ0) is 29.8. The van der Waals surface area contributed by atoms with E-state index in [9.17, 15) is 18.9 Å². The molecule has 11 nitrogen and oxygen atoms in total. The molecule has 218 valence electrons. The van der Waals surface area contributed by atoms with Gasteiger partial charge in [0.15, 0.2) is 17.7 Å². The summed E-state index contributed by atoms with van der Waals surface area (Å²) in [5, 5.41) is 12.8. The van der Waals surface area contributed by atoms with Gasteiger partial charge in [0.05, 0.1) is 6.04 Å². The van der Waals surface area contributed by atoms with E-state index in [0.29, 0.717) is 6.42 Å². The van der Waals surface area contributed by atoms with Crippen LogP contribution >= 0.6 is 0 Å². The van der Waals surface area contributed by atoms with Gasteiger partial charge in [-0.3, -0.25) is 13.8 Å². The number of guanidine groups is 2. The second-order valence-electron chi connectivity index (χ2n) is 9.91. The van der Waals surface area contributed by atoms with Crippen LogP contribution < -0.4 is 28.3 Å². The number of hydrogen-bond donors (Lipinski definition) is 6. The van der Waals surface area contributed by atoms with Gasteiger partial charge in [0.25, 0.3) is 0 Å². The second-order valence-corrected chi connectivity index (χ2v) is 11.5. The second kappa shape index (κ2) is 15.6. The third-order valence-corrected chi connectivity index (χ3v) is 7.30. The van der Waals surface area contributed by atoms with E-state index < -0.39 is 28.8 Å². The summed E-state index contributed by atoms with van der Waals surface area (Å²) in [6.45, 7) is 3.80. The summed E-state index contributed by atoms with van der Waals surface area (Å²) in [6, 6.07) is 11.5. The molecule has 0 aliphatic heterocycles. The van der Waals surface area contributed by atoms with E-state index in [4.69, 9.17) is 22.9 Å². The lowest BCUT2D eigenvalue weighted by atomic mass is 9.90. The molecule has 2 aromatic carbocycles. The number of aryl methyl sites for hydroxylation is 2. The molecule has 2 rings (SSSR count). The maximum Gasteiger partial charge on any atom is 0.223 e. The minimum Gasteiger partial charge on any atom is -0.508 e. The fourth-order valence-corrected chi connectivity index (χ4v) is 5.15. The van der Waals surface area contributed by atoms with E-state index in [1.807, 2.05) is 44.2 Å². The lowest BCUT2D eigenvalue weighted by molar-refractivity contribution is -0.130. The molecule has 0 aliphatic carbocycles. The number of carbonyl (C=O) groups is 2. The van der Waals surface area contributed by atoms with Crippen LogP contribution in [0.25, 0.3) is 0 Å². The Hall–Kier alpha value is -3.93. The van der Waals surface area contributed by atoms with Crippen molar-refractivity contribution in [3.63, 3.8) is 0 Å². The molecule has 0 saturated carbocycles. The van der Waals surface area contributed by atoms with Crippen LogP contribution in [0.4, 0.5) is 0 Å². The first-order chi connectivity index (χ1) is 18.8. The van der Waals surface area contributed by atoms with Gasteiger partial charge in [0.1, 0.15) is 11.8 Å². The Bertz CT molecular complexity index is 1220. The molecule has 0 bridgehead atoms. The molecule has 0 fully saturated rings. The maximum atomic E-state index is 13.5. The highest BCUT2D eigenvalue weighted by molar-refractivity contribution is 7.84. The fourth-order valence-electron chi connectivity index (χ4n) is 4.53. The first kappa shape index (κ1) is 32.3. The number of benzene rings is 2. The number of aliphatic imine (C=N–C) groups is 2. The Balaban J connectivity index is 2.22. The van der Waals surface area contributed by atoms with E-state index in [0.717, 1.165) is 22.3 Å². The number of aromatic hydroxyl groups is 1. The molecule has 1 unspecified atom stereocenters. The Kier molecular flexibility index (Phi) is 12.6. The van der Waals surface area contributed by atoms with Crippen molar-refractivity contribution in [3.05, 3.63) is 64.7 Å². The zero-order valence-corrected chi connectivity index (χ0v) is 24.1. The first-order valence-corrected chi connectivity index (χ1v) is 14.7. The average Bonchev–Trinajstić information content (AvgIpc) is 2.86. The van der Waals surface area contributed by atoms with Crippen LogP contribution in [0.2, 0.25) is 0 Å². The van der Waals surface area contributed by atoms with E-state index in [1.54, 1.807) is 18.4 Å². The van der Waals surface area contributed by atoms with Gasteiger partial charge in [0, 0.05) is 48.1 Å². The highest BCUT2D eigenvalue weighted by Gasteiger charge is 2.28. The molecule has 0 saturated heterocycles. The smallest absolute Gasteiger partial charge is 0.223 e. The summed E-state index contributed by atoms with van der Waals surface area (Å²) < 4.78 is 11.8. The van der Waals surface area contributed by atoms with Crippen LogP contribution in [-0.2, 0) is 33.2 Å². The van der Waals surface area contributed by atoms with Gasteiger partial charge in [-0.25, -0.2) is 9.98 Å². The van der Waals surface area contributed by atoms with Crippen molar-refractivity contribution >= 4 is 34.4 Å². The summed E-state index contributed by atoms with van der Waals surface area (Å²) in [5.74, 6) is -1.43.